The minimum atomic E-state index is -2.63. The molecular weight excluding hydrogens is 376 g/mol. The highest BCUT2D eigenvalue weighted by Gasteiger charge is 2.50. The molecule has 0 radical (unpaired) electrons. The van der Waals surface area contributed by atoms with Crippen LogP contribution in [0, 0.1) is 0 Å². The van der Waals surface area contributed by atoms with Crippen LogP contribution in [0.2, 0.25) is 5.04 Å². The third-order valence-corrected chi connectivity index (χ3v) is 10.0. The number of benzene rings is 2. The Kier molecular flexibility index (Phi) is 8.31. The number of alkyl halides is 2. The predicted octanol–water partition coefficient (Wildman–Crippen LogP) is 3.17. The monoisotopic (exact) mass is 407 g/mol. The summed E-state index contributed by atoms with van der Waals surface area (Å²) in [5, 5.41) is 14.4. The molecule has 154 valence electrons. The topological polar surface area (TPSA) is 41.5 Å². The molecule has 0 unspecified atom stereocenters. The molecule has 0 saturated heterocycles. The smallest absolute Gasteiger partial charge is 0.261 e. The molecule has 2 rings (SSSR count). The molecule has 0 aliphatic rings. The number of aliphatic hydroxyl groups excluding tert-OH is 1. The van der Waals surface area contributed by atoms with Crippen LogP contribution in [0.3, 0.4) is 0 Å². The van der Waals surface area contributed by atoms with Crippen molar-refractivity contribution >= 4 is 18.7 Å². The molecule has 0 aliphatic carbocycles. The lowest BCUT2D eigenvalue weighted by Crippen LogP contribution is -2.66. The van der Waals surface area contributed by atoms with Crippen molar-refractivity contribution in [2.45, 2.75) is 44.7 Å². The van der Waals surface area contributed by atoms with E-state index in [0.29, 0.717) is 13.0 Å². The zero-order valence-corrected chi connectivity index (χ0v) is 17.9. The van der Waals surface area contributed by atoms with Crippen molar-refractivity contribution in [3.63, 3.8) is 0 Å². The van der Waals surface area contributed by atoms with Crippen LogP contribution in [-0.4, -0.2) is 45.6 Å². The van der Waals surface area contributed by atoms with E-state index in [1.807, 2.05) is 36.4 Å². The Morgan fingerprint density at radius 3 is 1.86 bits per heavy atom. The Morgan fingerprint density at radius 1 is 0.964 bits per heavy atom. The Hall–Kier alpha value is -1.60. The normalized spacial score (nSPS) is 13.7. The summed E-state index contributed by atoms with van der Waals surface area (Å²) in [6, 6.07) is 20.1. The first-order valence-electron chi connectivity index (χ1n) is 9.68. The van der Waals surface area contributed by atoms with Gasteiger partial charge in [-0.2, -0.15) is 0 Å². The van der Waals surface area contributed by atoms with E-state index in [1.54, 1.807) is 0 Å². The first kappa shape index (κ1) is 22.7. The third kappa shape index (κ3) is 5.47. The van der Waals surface area contributed by atoms with Gasteiger partial charge in [-0.25, -0.2) is 8.78 Å². The van der Waals surface area contributed by atoms with Crippen molar-refractivity contribution in [2.24, 2.45) is 0 Å². The second kappa shape index (κ2) is 10.3. The Balaban J connectivity index is 2.31. The van der Waals surface area contributed by atoms with E-state index in [9.17, 15) is 13.9 Å². The van der Waals surface area contributed by atoms with E-state index < -0.39 is 27.3 Å². The van der Waals surface area contributed by atoms with Gasteiger partial charge in [0.2, 0.25) is 0 Å². The molecule has 0 fully saturated rings. The SMILES string of the molecule is CC(C)(C)[Si](OCC[C@@H](CO)NCC(F)F)(c1ccccc1)c1ccccc1. The Bertz CT molecular complexity index is 653. The molecule has 2 aromatic rings. The van der Waals surface area contributed by atoms with Crippen LogP contribution in [0.25, 0.3) is 0 Å². The van der Waals surface area contributed by atoms with Gasteiger partial charge in [-0.1, -0.05) is 81.4 Å². The molecule has 0 bridgehead atoms. The highest BCUT2D eigenvalue weighted by molar-refractivity contribution is 6.99. The van der Waals surface area contributed by atoms with E-state index in [4.69, 9.17) is 4.43 Å². The maximum Gasteiger partial charge on any atom is 0.261 e. The van der Waals surface area contributed by atoms with Crippen molar-refractivity contribution in [3.05, 3.63) is 60.7 Å². The molecule has 2 aromatic carbocycles. The third-order valence-electron chi connectivity index (χ3n) is 4.98. The number of hydrogen-bond donors (Lipinski definition) is 2. The van der Waals surface area contributed by atoms with Crippen LogP contribution in [-0.2, 0) is 4.43 Å². The maximum absolute atomic E-state index is 12.5. The molecule has 28 heavy (non-hydrogen) atoms. The number of halogens is 2. The zero-order chi connectivity index (χ0) is 20.6. The lowest BCUT2D eigenvalue weighted by Gasteiger charge is -2.43. The molecule has 2 N–H and O–H groups in total. The molecule has 0 saturated carbocycles. The minimum Gasteiger partial charge on any atom is -0.407 e. The molecular formula is C22H31F2NO2Si. The Labute approximate surface area is 167 Å². The molecule has 6 heteroatoms. The van der Waals surface area contributed by atoms with Gasteiger partial charge in [0.25, 0.3) is 14.7 Å². The molecule has 0 aliphatic heterocycles. The van der Waals surface area contributed by atoms with Gasteiger partial charge in [0, 0.05) is 12.6 Å². The molecule has 0 heterocycles. The summed E-state index contributed by atoms with van der Waals surface area (Å²) in [4.78, 5) is 0. The van der Waals surface area contributed by atoms with Crippen LogP contribution in [0.1, 0.15) is 27.2 Å². The Morgan fingerprint density at radius 2 is 1.46 bits per heavy atom. The number of rotatable bonds is 10. The minimum absolute atomic E-state index is 0.138. The highest BCUT2D eigenvalue weighted by Crippen LogP contribution is 2.36. The summed E-state index contributed by atoms with van der Waals surface area (Å²) in [7, 11) is -2.63. The average molecular weight is 408 g/mol. The summed E-state index contributed by atoms with van der Waals surface area (Å²) in [5.74, 6) is 0. The van der Waals surface area contributed by atoms with Gasteiger partial charge in [0.05, 0.1) is 13.2 Å². The van der Waals surface area contributed by atoms with E-state index in [2.05, 4.69) is 50.4 Å². The van der Waals surface area contributed by atoms with E-state index >= 15 is 0 Å². The summed E-state index contributed by atoms with van der Waals surface area (Å²) < 4.78 is 31.7. The van der Waals surface area contributed by atoms with Crippen molar-refractivity contribution in [1.29, 1.82) is 0 Å². The van der Waals surface area contributed by atoms with Gasteiger partial charge in [0.15, 0.2) is 0 Å². The van der Waals surface area contributed by atoms with Gasteiger partial charge in [-0.15, -0.1) is 0 Å². The second-order valence-electron chi connectivity index (χ2n) is 7.98. The van der Waals surface area contributed by atoms with E-state index in [0.717, 1.165) is 0 Å². The predicted molar refractivity (Wildman–Crippen MR) is 113 cm³/mol. The zero-order valence-electron chi connectivity index (χ0n) is 16.9. The summed E-state index contributed by atoms with van der Waals surface area (Å²) in [6.45, 7) is 6.34. The van der Waals surface area contributed by atoms with Crippen LogP contribution < -0.4 is 15.7 Å². The molecule has 3 nitrogen and oxygen atoms in total. The molecule has 1 atom stereocenters. The van der Waals surface area contributed by atoms with Crippen molar-refractivity contribution in [1.82, 2.24) is 5.32 Å². The van der Waals surface area contributed by atoms with E-state index in [1.165, 1.54) is 10.4 Å². The second-order valence-corrected chi connectivity index (χ2v) is 12.3. The van der Waals surface area contributed by atoms with Crippen molar-refractivity contribution in [3.8, 4) is 0 Å². The maximum atomic E-state index is 12.5. The van der Waals surface area contributed by atoms with Crippen LogP contribution >= 0.6 is 0 Å². The van der Waals surface area contributed by atoms with Crippen LogP contribution in [0.5, 0.6) is 0 Å². The largest absolute Gasteiger partial charge is 0.407 e. The van der Waals surface area contributed by atoms with Gasteiger partial charge in [0.1, 0.15) is 0 Å². The fourth-order valence-electron chi connectivity index (χ4n) is 3.63. The van der Waals surface area contributed by atoms with Gasteiger partial charge in [-0.05, 0) is 21.8 Å². The lowest BCUT2D eigenvalue weighted by atomic mass is 10.2. The molecule has 0 amide bonds. The highest BCUT2D eigenvalue weighted by atomic mass is 28.4. The summed E-state index contributed by atoms with van der Waals surface area (Å²) in [5.41, 5.74) is 0. The van der Waals surface area contributed by atoms with Crippen LogP contribution in [0.4, 0.5) is 8.78 Å². The van der Waals surface area contributed by atoms with E-state index in [-0.39, 0.29) is 11.6 Å². The first-order valence-corrected chi connectivity index (χ1v) is 11.6. The quantitative estimate of drug-likeness (QED) is 0.595. The standard InChI is InChI=1S/C22H31F2NO2Si/c1-22(2,3)28(19-10-6-4-7-11-19,20-12-8-5-9-13-20)27-15-14-18(17-26)25-16-21(23)24/h4-13,18,21,25-26H,14-17H2,1-3H3/t18-/m0/s1. The molecule has 0 spiro atoms. The van der Waals surface area contributed by atoms with Crippen LogP contribution in [0.15, 0.2) is 60.7 Å². The summed E-state index contributed by atoms with van der Waals surface area (Å²) in [6.07, 6.45) is -1.97. The number of nitrogens with one attached hydrogen (secondary N) is 1. The average Bonchev–Trinajstić information content (AvgIpc) is 2.68. The van der Waals surface area contributed by atoms with Gasteiger partial charge < -0.3 is 14.8 Å². The van der Waals surface area contributed by atoms with Crippen molar-refractivity contribution < 1.29 is 18.3 Å². The molecule has 0 aromatic heterocycles. The van der Waals surface area contributed by atoms with Gasteiger partial charge in [-0.3, -0.25) is 0 Å². The van der Waals surface area contributed by atoms with Crippen molar-refractivity contribution in [2.75, 3.05) is 19.8 Å². The fraction of sp³-hybridized carbons (Fsp3) is 0.455. The lowest BCUT2D eigenvalue weighted by molar-refractivity contribution is 0.128. The fourth-order valence-corrected chi connectivity index (χ4v) is 8.21. The van der Waals surface area contributed by atoms with Gasteiger partial charge >= 0.3 is 0 Å². The first-order chi connectivity index (χ1) is 13.3. The number of aliphatic hydroxyl groups is 1. The number of hydrogen-bond acceptors (Lipinski definition) is 3. The summed E-state index contributed by atoms with van der Waals surface area (Å²) >= 11 is 0.